The average Bonchev–Trinajstić information content (AvgIpc) is 1.66. The Morgan fingerprint density at radius 1 is 1.62 bits per heavy atom. The molecule has 0 unspecified atom stereocenters. The molecule has 0 N–H and O–H groups in total. The molecular weight excluding hydrogens is 255 g/mol. The number of hydrogen-bond donors (Lipinski definition) is 0. The molecular formula is C4H7Br2OP. The van der Waals surface area contributed by atoms with Crippen LogP contribution in [0, 0.1) is 0 Å². The molecule has 0 aromatic rings. The van der Waals surface area contributed by atoms with Gasteiger partial charge in [0.05, 0.1) is 18.2 Å². The Balaban J connectivity index is 3.07. The van der Waals surface area contributed by atoms with E-state index in [4.69, 9.17) is 4.74 Å². The summed E-state index contributed by atoms with van der Waals surface area (Å²) in [4.78, 5) is 0. The van der Waals surface area contributed by atoms with Crippen LogP contribution in [0.2, 0.25) is 0 Å². The van der Waals surface area contributed by atoms with Gasteiger partial charge in [0.25, 0.3) is 0 Å². The number of halogens is 2. The quantitative estimate of drug-likeness (QED) is 0.557. The Kier molecular flexibility index (Phi) is 6.76. The first-order chi connectivity index (χ1) is 3.77. The Morgan fingerprint density at radius 2 is 2.25 bits per heavy atom. The van der Waals surface area contributed by atoms with Crippen LogP contribution in [0.3, 0.4) is 0 Å². The lowest BCUT2D eigenvalue weighted by Crippen LogP contribution is -1.73. The summed E-state index contributed by atoms with van der Waals surface area (Å²) in [5, 5.41) is -0.293. The molecule has 0 fully saturated rings. The second kappa shape index (κ2) is 6.06. The van der Waals surface area contributed by atoms with Gasteiger partial charge in [-0.2, -0.15) is 0 Å². The summed E-state index contributed by atoms with van der Waals surface area (Å²) < 4.78 is 4.92. The van der Waals surface area contributed by atoms with Gasteiger partial charge in [-0.05, 0) is 43.7 Å². The van der Waals surface area contributed by atoms with E-state index in [1.54, 1.807) is 6.26 Å². The highest BCUT2D eigenvalue weighted by atomic mass is 79.9. The van der Waals surface area contributed by atoms with Gasteiger partial charge in [-0.15, -0.1) is 0 Å². The van der Waals surface area contributed by atoms with Crippen LogP contribution < -0.4 is 0 Å². The van der Waals surface area contributed by atoms with Gasteiger partial charge in [0, 0.05) is 0 Å². The van der Waals surface area contributed by atoms with Crippen molar-refractivity contribution >= 4 is 36.3 Å². The smallest absolute Gasteiger partial charge is 0.0849 e. The van der Waals surface area contributed by atoms with Gasteiger partial charge in [-0.25, -0.2) is 0 Å². The zero-order chi connectivity index (χ0) is 6.41. The SMILES string of the molecule is CCO/C=C/P(Br)Br. The van der Waals surface area contributed by atoms with Crippen molar-refractivity contribution in [2.24, 2.45) is 0 Å². The summed E-state index contributed by atoms with van der Waals surface area (Å²) in [7, 11) is 0. The minimum Gasteiger partial charge on any atom is -0.501 e. The van der Waals surface area contributed by atoms with Crippen molar-refractivity contribution in [3.05, 3.63) is 12.1 Å². The normalized spacial score (nSPS) is 11.0. The van der Waals surface area contributed by atoms with E-state index < -0.39 is 0 Å². The highest BCUT2D eigenvalue weighted by Crippen LogP contribution is 2.53. The fourth-order valence-corrected chi connectivity index (χ4v) is 0.942. The van der Waals surface area contributed by atoms with E-state index in [1.165, 1.54) is 0 Å². The van der Waals surface area contributed by atoms with E-state index in [1.807, 2.05) is 12.7 Å². The van der Waals surface area contributed by atoms with Crippen LogP contribution in [0.5, 0.6) is 0 Å². The second-order valence-corrected chi connectivity index (χ2v) is 9.26. The minimum atomic E-state index is -0.293. The summed E-state index contributed by atoms with van der Waals surface area (Å²) in [6.45, 7) is 2.69. The predicted molar refractivity (Wildman–Crippen MR) is 45.5 cm³/mol. The molecule has 0 radical (unpaired) electrons. The van der Waals surface area contributed by atoms with Crippen molar-refractivity contribution in [2.75, 3.05) is 6.61 Å². The molecule has 0 saturated carbocycles. The molecule has 0 saturated heterocycles. The molecule has 0 aliphatic rings. The topological polar surface area (TPSA) is 9.23 Å². The molecule has 0 rings (SSSR count). The lowest BCUT2D eigenvalue weighted by Gasteiger charge is -1.91. The van der Waals surface area contributed by atoms with Gasteiger partial charge in [0.1, 0.15) is 0 Å². The average molecular weight is 262 g/mol. The van der Waals surface area contributed by atoms with Crippen molar-refractivity contribution in [3.8, 4) is 0 Å². The highest BCUT2D eigenvalue weighted by molar-refractivity contribution is 9.69. The van der Waals surface area contributed by atoms with Crippen molar-refractivity contribution in [1.29, 1.82) is 0 Å². The molecule has 1 nitrogen and oxygen atoms in total. The van der Waals surface area contributed by atoms with Crippen LogP contribution in [-0.4, -0.2) is 6.61 Å². The second-order valence-electron chi connectivity index (χ2n) is 1.000. The standard InChI is InChI=1S/C4H7Br2OP/c1-2-7-3-4-8(5)6/h3-4H,2H2,1H3/b4-3+. The maximum atomic E-state index is 4.92. The van der Waals surface area contributed by atoms with E-state index in [0.29, 0.717) is 0 Å². The van der Waals surface area contributed by atoms with Crippen LogP contribution in [-0.2, 0) is 4.74 Å². The van der Waals surface area contributed by atoms with Gasteiger partial charge in [0.15, 0.2) is 0 Å². The van der Waals surface area contributed by atoms with E-state index >= 15 is 0 Å². The summed E-state index contributed by atoms with van der Waals surface area (Å²) in [5.74, 6) is 1.93. The van der Waals surface area contributed by atoms with Crippen molar-refractivity contribution in [2.45, 2.75) is 6.92 Å². The Labute approximate surface area is 66.7 Å². The molecule has 0 aliphatic carbocycles. The first-order valence-electron chi connectivity index (χ1n) is 2.16. The van der Waals surface area contributed by atoms with Crippen LogP contribution in [0.15, 0.2) is 12.1 Å². The number of rotatable bonds is 3. The molecule has 0 aromatic heterocycles. The van der Waals surface area contributed by atoms with Gasteiger partial charge >= 0.3 is 0 Å². The van der Waals surface area contributed by atoms with Crippen molar-refractivity contribution < 1.29 is 4.74 Å². The number of hydrogen-bond acceptors (Lipinski definition) is 1. The maximum absolute atomic E-state index is 4.92. The molecule has 0 atom stereocenters. The minimum absolute atomic E-state index is 0.293. The zero-order valence-corrected chi connectivity index (χ0v) is 8.54. The van der Waals surface area contributed by atoms with E-state index in [0.717, 1.165) is 6.61 Å². The largest absolute Gasteiger partial charge is 0.501 e. The molecule has 4 heteroatoms. The molecule has 0 bridgehead atoms. The molecule has 0 aromatic carbocycles. The first kappa shape index (κ1) is 8.93. The number of ether oxygens (including phenoxy) is 1. The van der Waals surface area contributed by atoms with Crippen molar-refractivity contribution in [3.63, 3.8) is 0 Å². The Morgan fingerprint density at radius 3 is 2.62 bits per heavy atom. The van der Waals surface area contributed by atoms with E-state index in [9.17, 15) is 0 Å². The van der Waals surface area contributed by atoms with Crippen LogP contribution in [0.1, 0.15) is 6.92 Å². The third-order valence-electron chi connectivity index (χ3n) is 0.436. The Bertz CT molecular complexity index is 74.4. The van der Waals surface area contributed by atoms with Crippen LogP contribution >= 0.6 is 36.3 Å². The van der Waals surface area contributed by atoms with Crippen LogP contribution in [0.4, 0.5) is 0 Å². The third kappa shape index (κ3) is 6.93. The van der Waals surface area contributed by atoms with E-state index in [2.05, 4.69) is 31.0 Å². The zero-order valence-electron chi connectivity index (χ0n) is 4.47. The third-order valence-corrected chi connectivity index (χ3v) is 2.20. The molecule has 0 aliphatic heterocycles. The van der Waals surface area contributed by atoms with Gasteiger partial charge in [-0.3, -0.25) is 0 Å². The summed E-state index contributed by atoms with van der Waals surface area (Å²) in [6.07, 6.45) is 1.69. The molecule has 48 valence electrons. The molecule has 8 heavy (non-hydrogen) atoms. The molecule has 0 heterocycles. The molecule has 0 amide bonds. The van der Waals surface area contributed by atoms with Gasteiger partial charge in [0.2, 0.25) is 0 Å². The van der Waals surface area contributed by atoms with Crippen molar-refractivity contribution in [1.82, 2.24) is 0 Å². The maximum Gasteiger partial charge on any atom is 0.0849 e. The van der Waals surface area contributed by atoms with Gasteiger partial charge < -0.3 is 4.74 Å². The van der Waals surface area contributed by atoms with E-state index in [-0.39, 0.29) is 5.33 Å². The lowest BCUT2D eigenvalue weighted by atomic mass is 10.9. The highest BCUT2D eigenvalue weighted by Gasteiger charge is 1.84. The fraction of sp³-hybridized carbons (Fsp3) is 0.500. The summed E-state index contributed by atoms with van der Waals surface area (Å²) in [5.41, 5.74) is 0. The van der Waals surface area contributed by atoms with Crippen LogP contribution in [0.25, 0.3) is 0 Å². The Hall–Kier alpha value is 0.930. The lowest BCUT2D eigenvalue weighted by molar-refractivity contribution is 0.270. The summed E-state index contributed by atoms with van der Waals surface area (Å²) in [6, 6.07) is 0. The fourth-order valence-electron chi connectivity index (χ4n) is 0.185. The first-order valence-corrected chi connectivity index (χ1v) is 7.61. The van der Waals surface area contributed by atoms with Gasteiger partial charge in [-0.1, -0.05) is 0 Å². The predicted octanol–water partition coefficient (Wildman–Crippen LogP) is 3.60. The molecule has 0 spiro atoms. The summed E-state index contributed by atoms with van der Waals surface area (Å²) >= 11 is 6.64. The monoisotopic (exact) mass is 260 g/mol.